The summed E-state index contributed by atoms with van der Waals surface area (Å²) in [6.07, 6.45) is 5.67. The maximum atomic E-state index is 12.8. The number of carboxylic acid groups (broad SMARTS) is 1. The summed E-state index contributed by atoms with van der Waals surface area (Å²) in [7, 11) is 0. The minimum atomic E-state index is -0.965. The van der Waals surface area contributed by atoms with E-state index in [2.05, 4.69) is 12.2 Å². The highest BCUT2D eigenvalue weighted by Crippen LogP contribution is 2.18. The van der Waals surface area contributed by atoms with E-state index in [1.807, 2.05) is 29.2 Å². The lowest BCUT2D eigenvalue weighted by Crippen LogP contribution is -2.46. The molecule has 0 saturated heterocycles. The van der Waals surface area contributed by atoms with E-state index >= 15 is 0 Å². The van der Waals surface area contributed by atoms with Crippen LogP contribution in [0, 0.1) is 0 Å². The van der Waals surface area contributed by atoms with Crippen LogP contribution in [0.3, 0.4) is 0 Å². The number of amides is 2. The number of hydrogen-bond donors (Lipinski definition) is 2. The topological polar surface area (TPSA) is 97.3 Å². The van der Waals surface area contributed by atoms with Gasteiger partial charge in [-0.3, -0.25) is 0 Å². The molecule has 8 heteroatoms. The van der Waals surface area contributed by atoms with Crippen LogP contribution in [-0.4, -0.2) is 73.7 Å². The van der Waals surface area contributed by atoms with Gasteiger partial charge < -0.3 is 29.5 Å². The molecule has 33 heavy (non-hydrogen) atoms. The van der Waals surface area contributed by atoms with Crippen molar-refractivity contribution in [2.45, 2.75) is 70.9 Å². The summed E-state index contributed by atoms with van der Waals surface area (Å²) in [5.74, 6) is -0.280. The highest BCUT2D eigenvalue weighted by Gasteiger charge is 2.21. The van der Waals surface area contributed by atoms with Crippen molar-refractivity contribution in [1.29, 1.82) is 0 Å². The predicted molar refractivity (Wildman–Crippen MR) is 127 cm³/mol. The van der Waals surface area contributed by atoms with Crippen molar-refractivity contribution in [2.24, 2.45) is 0 Å². The van der Waals surface area contributed by atoms with Gasteiger partial charge in [0.05, 0.1) is 6.54 Å². The van der Waals surface area contributed by atoms with Crippen LogP contribution in [-0.2, 0) is 20.7 Å². The van der Waals surface area contributed by atoms with Crippen molar-refractivity contribution >= 4 is 12.0 Å². The molecule has 0 radical (unpaired) electrons. The minimum absolute atomic E-state index is 0.0352. The van der Waals surface area contributed by atoms with Gasteiger partial charge in [0.25, 0.3) is 0 Å². The lowest BCUT2D eigenvalue weighted by molar-refractivity contribution is -0.149. The third-order valence-corrected chi connectivity index (χ3v) is 5.65. The van der Waals surface area contributed by atoms with Gasteiger partial charge in [-0.15, -0.1) is 0 Å². The molecule has 1 aliphatic carbocycles. The molecule has 1 aromatic rings. The quantitative estimate of drug-likeness (QED) is 0.361. The molecule has 1 atom stereocenters. The van der Waals surface area contributed by atoms with Crippen molar-refractivity contribution in [3.05, 3.63) is 29.8 Å². The van der Waals surface area contributed by atoms with E-state index in [0.29, 0.717) is 45.1 Å². The predicted octanol–water partition coefficient (Wildman–Crippen LogP) is 3.87. The average molecular weight is 465 g/mol. The molecule has 0 aliphatic heterocycles. The molecule has 2 amide bonds. The number of hydrogen-bond acceptors (Lipinski definition) is 5. The average Bonchev–Trinajstić information content (AvgIpc) is 3.31. The Balaban J connectivity index is 1.82. The van der Waals surface area contributed by atoms with E-state index in [4.69, 9.17) is 14.2 Å². The molecule has 8 nitrogen and oxygen atoms in total. The third-order valence-electron chi connectivity index (χ3n) is 5.65. The Bertz CT molecular complexity index is 691. The van der Waals surface area contributed by atoms with E-state index in [1.165, 1.54) is 12.8 Å². The van der Waals surface area contributed by atoms with Gasteiger partial charge in [0.15, 0.2) is 6.10 Å². The van der Waals surface area contributed by atoms with Crippen LogP contribution in [0.15, 0.2) is 24.3 Å². The fourth-order valence-electron chi connectivity index (χ4n) is 3.88. The zero-order chi connectivity index (χ0) is 23.9. The number of ether oxygens (including phenoxy) is 3. The van der Waals surface area contributed by atoms with Gasteiger partial charge in [0.1, 0.15) is 12.4 Å². The Morgan fingerprint density at radius 3 is 2.45 bits per heavy atom. The SMILES string of the molecule is CCCOCCCN(CCOc1ccc(CC(OCC)C(=O)O)cc1)C(=O)NC1CCCC1. The Hall–Kier alpha value is -2.32. The first-order valence-electron chi connectivity index (χ1n) is 12.2. The first-order valence-corrected chi connectivity index (χ1v) is 12.2. The smallest absolute Gasteiger partial charge is 0.333 e. The van der Waals surface area contributed by atoms with Gasteiger partial charge in [0, 0.05) is 38.8 Å². The second kappa shape index (κ2) is 15.5. The number of nitrogens with zero attached hydrogens (tertiary/aromatic N) is 1. The molecule has 0 bridgehead atoms. The third kappa shape index (κ3) is 10.4. The van der Waals surface area contributed by atoms with Crippen molar-refractivity contribution in [2.75, 3.05) is 39.5 Å². The highest BCUT2D eigenvalue weighted by atomic mass is 16.5. The largest absolute Gasteiger partial charge is 0.492 e. The fourth-order valence-corrected chi connectivity index (χ4v) is 3.88. The molecule has 0 aromatic heterocycles. The number of rotatable bonds is 16. The van der Waals surface area contributed by atoms with Crippen LogP contribution >= 0.6 is 0 Å². The lowest BCUT2D eigenvalue weighted by atomic mass is 10.1. The molecule has 1 aromatic carbocycles. The maximum Gasteiger partial charge on any atom is 0.333 e. The van der Waals surface area contributed by atoms with Gasteiger partial charge in [-0.25, -0.2) is 9.59 Å². The molecule has 0 spiro atoms. The van der Waals surface area contributed by atoms with Gasteiger partial charge >= 0.3 is 12.0 Å². The summed E-state index contributed by atoms with van der Waals surface area (Å²) >= 11 is 0. The van der Waals surface area contributed by atoms with Gasteiger partial charge in [-0.1, -0.05) is 31.9 Å². The first-order chi connectivity index (χ1) is 16.0. The Kier molecular flexibility index (Phi) is 12.7. The monoisotopic (exact) mass is 464 g/mol. The summed E-state index contributed by atoms with van der Waals surface area (Å²) in [5, 5.41) is 12.4. The van der Waals surface area contributed by atoms with Crippen LogP contribution in [0.25, 0.3) is 0 Å². The van der Waals surface area contributed by atoms with E-state index < -0.39 is 12.1 Å². The summed E-state index contributed by atoms with van der Waals surface area (Å²) < 4.78 is 16.7. The molecule has 2 rings (SSSR count). The molecule has 186 valence electrons. The van der Waals surface area contributed by atoms with Gasteiger partial charge in [-0.05, 0) is 50.3 Å². The normalized spacial score (nSPS) is 14.7. The highest BCUT2D eigenvalue weighted by molar-refractivity contribution is 5.74. The number of aliphatic carboxylic acids is 1. The molecular weight excluding hydrogens is 424 g/mol. The Labute approximate surface area is 197 Å². The second-order valence-electron chi connectivity index (χ2n) is 8.36. The molecule has 2 N–H and O–H groups in total. The number of carbonyl (C=O) groups excluding carboxylic acids is 1. The van der Waals surface area contributed by atoms with E-state index in [9.17, 15) is 14.7 Å². The van der Waals surface area contributed by atoms with E-state index in [0.717, 1.165) is 37.9 Å². The number of nitrogens with one attached hydrogen (secondary N) is 1. The number of benzene rings is 1. The van der Waals surface area contributed by atoms with Crippen molar-refractivity contribution in [1.82, 2.24) is 10.2 Å². The first kappa shape index (κ1) is 26.9. The summed E-state index contributed by atoms with van der Waals surface area (Å²) in [6, 6.07) is 7.58. The number of urea groups is 1. The standard InChI is InChI=1S/C25H40N2O6/c1-3-16-31-17-7-14-27(25(30)26-21-8-5-6-9-21)15-18-33-22-12-10-20(11-13-22)19-23(24(28)29)32-4-2/h10-13,21,23H,3-9,14-19H2,1-2H3,(H,26,30)(H,28,29). The lowest BCUT2D eigenvalue weighted by Gasteiger charge is -2.25. The molecular formula is C25H40N2O6. The van der Waals surface area contributed by atoms with Crippen LogP contribution in [0.2, 0.25) is 0 Å². The zero-order valence-electron chi connectivity index (χ0n) is 20.1. The Morgan fingerprint density at radius 2 is 1.82 bits per heavy atom. The number of carboxylic acids is 1. The number of carbonyl (C=O) groups is 2. The summed E-state index contributed by atoms with van der Waals surface area (Å²) in [5.41, 5.74) is 0.868. The molecule has 1 aliphatic rings. The Morgan fingerprint density at radius 1 is 1.09 bits per heavy atom. The molecule has 1 fully saturated rings. The van der Waals surface area contributed by atoms with Crippen LogP contribution in [0.4, 0.5) is 4.79 Å². The van der Waals surface area contributed by atoms with Crippen molar-refractivity contribution in [3.8, 4) is 5.75 Å². The van der Waals surface area contributed by atoms with Crippen molar-refractivity contribution in [3.63, 3.8) is 0 Å². The van der Waals surface area contributed by atoms with E-state index in [1.54, 1.807) is 6.92 Å². The van der Waals surface area contributed by atoms with Gasteiger partial charge in [0.2, 0.25) is 0 Å². The molecule has 1 unspecified atom stereocenters. The fraction of sp³-hybridized carbons (Fsp3) is 0.680. The van der Waals surface area contributed by atoms with Gasteiger partial charge in [-0.2, -0.15) is 0 Å². The summed E-state index contributed by atoms with van der Waals surface area (Å²) in [4.78, 5) is 25.8. The van der Waals surface area contributed by atoms with Crippen molar-refractivity contribution < 1.29 is 28.9 Å². The minimum Gasteiger partial charge on any atom is -0.492 e. The summed E-state index contributed by atoms with van der Waals surface area (Å²) in [6.45, 7) is 7.08. The molecule has 0 heterocycles. The zero-order valence-corrected chi connectivity index (χ0v) is 20.1. The molecule has 1 saturated carbocycles. The second-order valence-corrected chi connectivity index (χ2v) is 8.36. The van der Waals surface area contributed by atoms with E-state index in [-0.39, 0.29) is 12.1 Å². The van der Waals surface area contributed by atoms with Crippen LogP contribution in [0.5, 0.6) is 5.75 Å². The van der Waals surface area contributed by atoms with Crippen LogP contribution in [0.1, 0.15) is 57.9 Å². The van der Waals surface area contributed by atoms with Crippen LogP contribution < -0.4 is 10.1 Å². The maximum absolute atomic E-state index is 12.8.